The van der Waals surface area contributed by atoms with Crippen LogP contribution in [0.5, 0.6) is 0 Å². The van der Waals surface area contributed by atoms with E-state index < -0.39 is 0 Å². The summed E-state index contributed by atoms with van der Waals surface area (Å²) in [6, 6.07) is 0. The van der Waals surface area contributed by atoms with Crippen LogP contribution < -0.4 is 5.32 Å². The van der Waals surface area contributed by atoms with Crippen molar-refractivity contribution in [1.82, 2.24) is 15.5 Å². The average Bonchev–Trinajstić information content (AvgIpc) is 2.71. The van der Waals surface area contributed by atoms with Crippen LogP contribution in [0.1, 0.15) is 38.1 Å². The van der Waals surface area contributed by atoms with Gasteiger partial charge < -0.3 is 14.6 Å². The van der Waals surface area contributed by atoms with E-state index >= 15 is 0 Å². The van der Waals surface area contributed by atoms with Gasteiger partial charge in [-0.1, -0.05) is 12.1 Å². The molecule has 0 aliphatic carbocycles. The van der Waals surface area contributed by atoms with Crippen molar-refractivity contribution in [2.75, 3.05) is 20.2 Å². The molecule has 1 aromatic heterocycles. The zero-order valence-electron chi connectivity index (χ0n) is 9.62. The molecule has 1 rings (SSSR count). The lowest BCUT2D eigenvalue weighted by Gasteiger charge is -2.09. The molecule has 0 aromatic carbocycles. The molecule has 0 aliphatic rings. The molecule has 5 nitrogen and oxygen atoms in total. The van der Waals surface area contributed by atoms with Crippen LogP contribution in [0.2, 0.25) is 0 Å². The molecule has 0 amide bonds. The zero-order valence-corrected chi connectivity index (χ0v) is 9.62. The smallest absolute Gasteiger partial charge is 0.228 e. The van der Waals surface area contributed by atoms with E-state index in [1.165, 1.54) is 0 Å². The molecular formula is C10H19N3O2. The van der Waals surface area contributed by atoms with Gasteiger partial charge in [0.2, 0.25) is 11.7 Å². The molecule has 0 saturated carbocycles. The van der Waals surface area contributed by atoms with Crippen LogP contribution in [0.25, 0.3) is 0 Å². The van der Waals surface area contributed by atoms with Crippen molar-refractivity contribution >= 4 is 0 Å². The molecule has 86 valence electrons. The normalized spacial score (nSPS) is 13.0. The summed E-state index contributed by atoms with van der Waals surface area (Å²) in [4.78, 5) is 4.29. The predicted octanol–water partition coefficient (Wildman–Crippen LogP) is 1.32. The summed E-state index contributed by atoms with van der Waals surface area (Å²) >= 11 is 0. The standard InChI is InChI=1S/C10H19N3O2/c1-4-8(14-5-2)10-12-9(15-13-10)6-7-11-3/h8,11H,4-7H2,1-3H3. The third-order valence-corrected chi connectivity index (χ3v) is 2.10. The Kier molecular flexibility index (Phi) is 5.28. The van der Waals surface area contributed by atoms with E-state index in [0.29, 0.717) is 18.3 Å². The van der Waals surface area contributed by atoms with Crippen molar-refractivity contribution in [2.24, 2.45) is 0 Å². The summed E-state index contributed by atoms with van der Waals surface area (Å²) in [6.45, 7) is 5.51. The van der Waals surface area contributed by atoms with Gasteiger partial charge >= 0.3 is 0 Å². The minimum Gasteiger partial charge on any atom is -0.370 e. The van der Waals surface area contributed by atoms with E-state index in [1.54, 1.807) is 0 Å². The minimum absolute atomic E-state index is 0.0397. The maximum absolute atomic E-state index is 5.49. The lowest BCUT2D eigenvalue weighted by molar-refractivity contribution is 0.0518. The highest BCUT2D eigenvalue weighted by molar-refractivity contribution is 4.91. The van der Waals surface area contributed by atoms with Gasteiger partial charge in [-0.15, -0.1) is 0 Å². The second-order valence-corrected chi connectivity index (χ2v) is 3.25. The monoisotopic (exact) mass is 213 g/mol. The van der Waals surface area contributed by atoms with E-state index in [2.05, 4.69) is 15.5 Å². The average molecular weight is 213 g/mol. The topological polar surface area (TPSA) is 60.2 Å². The van der Waals surface area contributed by atoms with Crippen LogP contribution in [0.4, 0.5) is 0 Å². The first-order valence-corrected chi connectivity index (χ1v) is 5.40. The van der Waals surface area contributed by atoms with Crippen molar-refractivity contribution in [3.05, 3.63) is 11.7 Å². The van der Waals surface area contributed by atoms with Crippen molar-refractivity contribution in [3.63, 3.8) is 0 Å². The summed E-state index contributed by atoms with van der Waals surface area (Å²) < 4.78 is 10.6. The van der Waals surface area contributed by atoms with E-state index in [4.69, 9.17) is 9.26 Å². The SMILES string of the molecule is CCOC(CC)c1noc(CCNC)n1. The number of nitrogens with zero attached hydrogens (tertiary/aromatic N) is 2. The van der Waals surface area contributed by atoms with Gasteiger partial charge in [-0.05, 0) is 20.4 Å². The Labute approximate surface area is 90.2 Å². The van der Waals surface area contributed by atoms with E-state index in [0.717, 1.165) is 19.4 Å². The van der Waals surface area contributed by atoms with E-state index in [9.17, 15) is 0 Å². The van der Waals surface area contributed by atoms with Crippen molar-refractivity contribution in [3.8, 4) is 0 Å². The minimum atomic E-state index is -0.0397. The summed E-state index contributed by atoms with van der Waals surface area (Å²) in [5.74, 6) is 1.32. The molecule has 1 N–H and O–H groups in total. The lowest BCUT2D eigenvalue weighted by atomic mass is 10.2. The molecule has 15 heavy (non-hydrogen) atoms. The van der Waals surface area contributed by atoms with Crippen molar-refractivity contribution < 1.29 is 9.26 Å². The highest BCUT2D eigenvalue weighted by atomic mass is 16.5. The Balaban J connectivity index is 2.56. The summed E-state index contributed by atoms with van der Waals surface area (Å²) in [5.41, 5.74) is 0. The van der Waals surface area contributed by atoms with Gasteiger partial charge in [0.25, 0.3) is 0 Å². The molecular weight excluding hydrogens is 194 g/mol. The van der Waals surface area contributed by atoms with Crippen LogP contribution in [-0.4, -0.2) is 30.3 Å². The van der Waals surface area contributed by atoms with Gasteiger partial charge in [0.05, 0.1) is 0 Å². The largest absolute Gasteiger partial charge is 0.370 e. The second-order valence-electron chi connectivity index (χ2n) is 3.25. The first-order valence-electron chi connectivity index (χ1n) is 5.40. The number of hydrogen-bond donors (Lipinski definition) is 1. The highest BCUT2D eigenvalue weighted by Gasteiger charge is 2.16. The number of nitrogens with one attached hydrogen (secondary N) is 1. The highest BCUT2D eigenvalue weighted by Crippen LogP contribution is 2.17. The van der Waals surface area contributed by atoms with Crippen LogP contribution in [0.3, 0.4) is 0 Å². The van der Waals surface area contributed by atoms with Gasteiger partial charge in [-0.25, -0.2) is 0 Å². The Morgan fingerprint density at radius 2 is 2.27 bits per heavy atom. The fourth-order valence-corrected chi connectivity index (χ4v) is 1.31. The number of ether oxygens (including phenoxy) is 1. The number of likely N-dealkylation sites (N-methyl/N-ethyl adjacent to an activating group) is 1. The van der Waals surface area contributed by atoms with E-state index in [1.807, 2.05) is 20.9 Å². The first kappa shape index (κ1) is 12.1. The summed E-state index contributed by atoms with van der Waals surface area (Å²) in [6.07, 6.45) is 1.58. The Morgan fingerprint density at radius 1 is 1.47 bits per heavy atom. The maximum Gasteiger partial charge on any atom is 0.228 e. The molecule has 1 heterocycles. The fourth-order valence-electron chi connectivity index (χ4n) is 1.31. The number of aromatic nitrogens is 2. The molecule has 1 unspecified atom stereocenters. The molecule has 5 heteroatoms. The molecule has 0 bridgehead atoms. The summed E-state index contributed by atoms with van der Waals surface area (Å²) in [7, 11) is 1.90. The molecule has 0 fully saturated rings. The van der Waals surface area contributed by atoms with Gasteiger partial charge in [-0.3, -0.25) is 0 Å². The molecule has 1 atom stereocenters. The fraction of sp³-hybridized carbons (Fsp3) is 0.800. The Hall–Kier alpha value is -0.940. The van der Waals surface area contributed by atoms with Crippen LogP contribution >= 0.6 is 0 Å². The molecule has 0 radical (unpaired) electrons. The molecule has 0 saturated heterocycles. The third kappa shape index (κ3) is 3.60. The zero-order chi connectivity index (χ0) is 11.1. The van der Waals surface area contributed by atoms with Gasteiger partial charge in [0.15, 0.2) is 0 Å². The van der Waals surface area contributed by atoms with Crippen molar-refractivity contribution in [1.29, 1.82) is 0 Å². The van der Waals surface area contributed by atoms with Crippen LogP contribution in [0.15, 0.2) is 4.52 Å². The molecule has 1 aromatic rings. The molecule has 0 spiro atoms. The van der Waals surface area contributed by atoms with Crippen LogP contribution in [-0.2, 0) is 11.2 Å². The lowest BCUT2D eigenvalue weighted by Crippen LogP contribution is -2.10. The third-order valence-electron chi connectivity index (χ3n) is 2.10. The quantitative estimate of drug-likeness (QED) is 0.740. The Bertz CT molecular complexity index is 275. The maximum atomic E-state index is 5.49. The number of rotatable bonds is 7. The predicted molar refractivity (Wildman–Crippen MR) is 56.6 cm³/mol. The number of hydrogen-bond acceptors (Lipinski definition) is 5. The van der Waals surface area contributed by atoms with Gasteiger partial charge in [0.1, 0.15) is 6.10 Å². The van der Waals surface area contributed by atoms with Crippen molar-refractivity contribution in [2.45, 2.75) is 32.8 Å². The second kappa shape index (κ2) is 6.53. The van der Waals surface area contributed by atoms with Gasteiger partial charge in [-0.2, -0.15) is 4.98 Å². The Morgan fingerprint density at radius 3 is 2.87 bits per heavy atom. The van der Waals surface area contributed by atoms with Crippen LogP contribution in [0, 0.1) is 0 Å². The summed E-state index contributed by atoms with van der Waals surface area (Å²) in [5, 5.41) is 6.95. The molecule has 0 aliphatic heterocycles. The van der Waals surface area contributed by atoms with Gasteiger partial charge in [0, 0.05) is 19.6 Å². The first-order chi connectivity index (χ1) is 7.31. The van der Waals surface area contributed by atoms with E-state index in [-0.39, 0.29) is 6.10 Å².